The second kappa shape index (κ2) is 6.45. The van der Waals surface area contributed by atoms with Crippen molar-refractivity contribution in [2.45, 2.75) is 24.7 Å². The minimum Gasteiger partial charge on any atom is -0.324 e. The highest BCUT2D eigenvalue weighted by molar-refractivity contribution is 8.00. The molecule has 8 heteroatoms. The lowest BCUT2D eigenvalue weighted by Gasteiger charge is -2.16. The van der Waals surface area contributed by atoms with Crippen LogP contribution in [0.5, 0.6) is 0 Å². The molecule has 3 rings (SSSR count). The standard InChI is InChI=1S/C14H14N4O2S2/c1-2-3-12-17-18-14(22-12)16-13(20)8-4-5-10-9(6-8)15-11(19)7-21-10/h4-6H,2-3,7H2,1H3,(H,15,19)(H,16,18,20). The molecule has 1 aromatic heterocycles. The number of carbonyl (C=O) groups is 2. The van der Waals surface area contributed by atoms with Crippen LogP contribution >= 0.6 is 23.1 Å². The van der Waals surface area contributed by atoms with Gasteiger partial charge in [-0.25, -0.2) is 0 Å². The summed E-state index contributed by atoms with van der Waals surface area (Å²) < 4.78 is 0. The molecule has 0 fully saturated rings. The normalized spacial score (nSPS) is 13.4. The molecular weight excluding hydrogens is 320 g/mol. The minimum atomic E-state index is -0.258. The number of thioether (sulfide) groups is 1. The first-order chi connectivity index (χ1) is 10.7. The van der Waals surface area contributed by atoms with Crippen LogP contribution in [-0.2, 0) is 11.2 Å². The van der Waals surface area contributed by atoms with Crippen LogP contribution < -0.4 is 10.6 Å². The second-order valence-electron chi connectivity index (χ2n) is 4.75. The molecule has 0 radical (unpaired) electrons. The molecule has 0 saturated heterocycles. The SMILES string of the molecule is CCCc1nnc(NC(=O)c2ccc3c(c2)NC(=O)CS3)s1. The van der Waals surface area contributed by atoms with Crippen molar-refractivity contribution in [1.29, 1.82) is 0 Å². The molecule has 0 aliphatic carbocycles. The molecule has 0 unspecified atom stereocenters. The summed E-state index contributed by atoms with van der Waals surface area (Å²) in [6, 6.07) is 5.27. The molecular formula is C14H14N4O2S2. The number of aryl methyl sites for hydroxylation is 1. The molecule has 0 saturated carbocycles. The molecule has 1 aliphatic heterocycles. The van der Waals surface area contributed by atoms with E-state index in [4.69, 9.17) is 0 Å². The number of fused-ring (bicyclic) bond motifs is 1. The van der Waals surface area contributed by atoms with Crippen LogP contribution in [0.25, 0.3) is 0 Å². The first kappa shape index (κ1) is 15.0. The van der Waals surface area contributed by atoms with E-state index in [1.54, 1.807) is 12.1 Å². The molecule has 114 valence electrons. The Balaban J connectivity index is 1.74. The fourth-order valence-electron chi connectivity index (χ4n) is 2.01. The van der Waals surface area contributed by atoms with Gasteiger partial charge in [0.25, 0.3) is 5.91 Å². The van der Waals surface area contributed by atoms with Gasteiger partial charge in [-0.2, -0.15) is 0 Å². The molecule has 2 heterocycles. The maximum absolute atomic E-state index is 12.3. The van der Waals surface area contributed by atoms with E-state index in [1.165, 1.54) is 23.1 Å². The Morgan fingerprint density at radius 1 is 1.41 bits per heavy atom. The van der Waals surface area contributed by atoms with Crippen LogP contribution in [-0.4, -0.2) is 27.8 Å². The summed E-state index contributed by atoms with van der Waals surface area (Å²) >= 11 is 2.85. The largest absolute Gasteiger partial charge is 0.324 e. The summed E-state index contributed by atoms with van der Waals surface area (Å²) in [6.07, 6.45) is 1.85. The van der Waals surface area contributed by atoms with E-state index < -0.39 is 0 Å². The third kappa shape index (κ3) is 3.28. The quantitative estimate of drug-likeness (QED) is 0.898. The summed E-state index contributed by atoms with van der Waals surface area (Å²) in [7, 11) is 0. The zero-order chi connectivity index (χ0) is 15.5. The maximum Gasteiger partial charge on any atom is 0.257 e. The Hall–Kier alpha value is -1.93. The molecule has 0 bridgehead atoms. The summed E-state index contributed by atoms with van der Waals surface area (Å²) in [4.78, 5) is 24.6. The third-order valence-electron chi connectivity index (χ3n) is 3.03. The Bertz CT molecular complexity index is 729. The van der Waals surface area contributed by atoms with Gasteiger partial charge in [0.1, 0.15) is 5.01 Å². The number of rotatable bonds is 4. The van der Waals surface area contributed by atoms with Crippen molar-refractivity contribution in [3.8, 4) is 0 Å². The summed E-state index contributed by atoms with van der Waals surface area (Å²) in [5, 5.41) is 14.9. The zero-order valence-corrected chi connectivity index (χ0v) is 13.5. The number of anilines is 2. The van der Waals surface area contributed by atoms with Crippen molar-refractivity contribution < 1.29 is 9.59 Å². The molecule has 6 nitrogen and oxygen atoms in total. The lowest BCUT2D eigenvalue weighted by atomic mass is 10.2. The number of nitrogens with one attached hydrogen (secondary N) is 2. The number of carbonyl (C=O) groups excluding carboxylic acids is 2. The van der Waals surface area contributed by atoms with Crippen LogP contribution in [0.2, 0.25) is 0 Å². The Kier molecular flexibility index (Phi) is 4.39. The van der Waals surface area contributed by atoms with Crippen molar-refractivity contribution in [2.24, 2.45) is 0 Å². The molecule has 0 spiro atoms. The van der Waals surface area contributed by atoms with E-state index in [9.17, 15) is 9.59 Å². The van der Waals surface area contributed by atoms with E-state index in [0.717, 1.165) is 22.7 Å². The number of nitrogens with zero attached hydrogens (tertiary/aromatic N) is 2. The van der Waals surface area contributed by atoms with Crippen LogP contribution in [0.15, 0.2) is 23.1 Å². The molecule has 1 aromatic carbocycles. The van der Waals surface area contributed by atoms with Crippen LogP contribution in [0.4, 0.5) is 10.8 Å². The Morgan fingerprint density at radius 2 is 2.27 bits per heavy atom. The van der Waals surface area contributed by atoms with Gasteiger partial charge >= 0.3 is 0 Å². The van der Waals surface area contributed by atoms with Crippen LogP contribution in [0.1, 0.15) is 28.7 Å². The van der Waals surface area contributed by atoms with Gasteiger partial charge in [-0.15, -0.1) is 22.0 Å². The van der Waals surface area contributed by atoms with Gasteiger partial charge in [0.15, 0.2) is 0 Å². The summed E-state index contributed by atoms with van der Waals surface area (Å²) in [5.74, 6) is 0.0963. The minimum absolute atomic E-state index is 0.0524. The van der Waals surface area contributed by atoms with Crippen LogP contribution in [0, 0.1) is 0 Å². The highest BCUT2D eigenvalue weighted by Crippen LogP contribution is 2.32. The van der Waals surface area contributed by atoms with Crippen LogP contribution in [0.3, 0.4) is 0 Å². The topological polar surface area (TPSA) is 84.0 Å². The monoisotopic (exact) mass is 334 g/mol. The number of benzene rings is 1. The van der Waals surface area contributed by atoms with E-state index in [2.05, 4.69) is 27.8 Å². The lowest BCUT2D eigenvalue weighted by molar-refractivity contribution is -0.113. The van der Waals surface area contributed by atoms with Crippen molar-refractivity contribution in [3.05, 3.63) is 28.8 Å². The summed E-state index contributed by atoms with van der Waals surface area (Å²) in [5.41, 5.74) is 1.16. The number of aromatic nitrogens is 2. The third-order valence-corrected chi connectivity index (χ3v) is 5.00. The zero-order valence-electron chi connectivity index (χ0n) is 11.9. The fraction of sp³-hybridized carbons (Fsp3) is 0.286. The second-order valence-corrected chi connectivity index (χ2v) is 6.83. The number of amides is 2. The Morgan fingerprint density at radius 3 is 3.09 bits per heavy atom. The van der Waals surface area contributed by atoms with Crippen molar-refractivity contribution in [3.63, 3.8) is 0 Å². The predicted molar refractivity (Wildman–Crippen MR) is 87.7 cm³/mol. The average molecular weight is 334 g/mol. The smallest absolute Gasteiger partial charge is 0.257 e. The summed E-state index contributed by atoms with van der Waals surface area (Å²) in [6.45, 7) is 2.07. The molecule has 2 aromatic rings. The maximum atomic E-state index is 12.3. The van der Waals surface area contributed by atoms with Crippen molar-refractivity contribution >= 4 is 45.7 Å². The van der Waals surface area contributed by atoms with E-state index in [1.807, 2.05) is 6.07 Å². The first-order valence-electron chi connectivity index (χ1n) is 6.86. The highest BCUT2D eigenvalue weighted by atomic mass is 32.2. The number of hydrogen-bond acceptors (Lipinski definition) is 6. The fourth-order valence-corrected chi connectivity index (χ4v) is 3.64. The predicted octanol–water partition coefficient (Wildman–Crippen LogP) is 2.79. The van der Waals surface area contributed by atoms with Gasteiger partial charge in [-0.05, 0) is 24.6 Å². The van der Waals surface area contributed by atoms with Gasteiger partial charge in [-0.1, -0.05) is 18.3 Å². The molecule has 2 N–H and O–H groups in total. The molecule has 1 aliphatic rings. The van der Waals surface area contributed by atoms with E-state index in [-0.39, 0.29) is 11.8 Å². The van der Waals surface area contributed by atoms with Crippen molar-refractivity contribution in [2.75, 3.05) is 16.4 Å². The van der Waals surface area contributed by atoms with Gasteiger partial charge in [0.05, 0.1) is 11.4 Å². The number of hydrogen-bond donors (Lipinski definition) is 2. The highest BCUT2D eigenvalue weighted by Gasteiger charge is 2.18. The van der Waals surface area contributed by atoms with E-state index in [0.29, 0.717) is 22.1 Å². The van der Waals surface area contributed by atoms with Gasteiger partial charge in [0.2, 0.25) is 11.0 Å². The molecule has 2 amide bonds. The van der Waals surface area contributed by atoms with Gasteiger partial charge in [0, 0.05) is 16.9 Å². The molecule has 0 atom stereocenters. The van der Waals surface area contributed by atoms with Crippen molar-refractivity contribution in [1.82, 2.24) is 10.2 Å². The molecule has 22 heavy (non-hydrogen) atoms. The van der Waals surface area contributed by atoms with Gasteiger partial charge < -0.3 is 5.32 Å². The van der Waals surface area contributed by atoms with E-state index >= 15 is 0 Å². The average Bonchev–Trinajstić information content (AvgIpc) is 2.94. The Labute approximate surface area is 135 Å². The first-order valence-corrected chi connectivity index (χ1v) is 8.66. The van der Waals surface area contributed by atoms with Gasteiger partial charge in [-0.3, -0.25) is 14.9 Å². The lowest BCUT2D eigenvalue weighted by Crippen LogP contribution is -2.19.